The molecule has 19 heavy (non-hydrogen) atoms. The van der Waals surface area contributed by atoms with Gasteiger partial charge in [0.1, 0.15) is 0 Å². The Balaban J connectivity index is 1.45. The number of hydrogen-bond donors (Lipinski definition) is 0. The minimum atomic E-state index is 0.839. The van der Waals surface area contributed by atoms with E-state index >= 15 is 0 Å². The molecule has 0 unspecified atom stereocenters. The quantitative estimate of drug-likeness (QED) is 0.714. The molecule has 0 N–H and O–H groups in total. The fourth-order valence-corrected chi connectivity index (χ4v) is 4.18. The van der Waals surface area contributed by atoms with E-state index in [9.17, 15) is 0 Å². The molecule has 3 nitrogen and oxygen atoms in total. The number of nitrogens with zero attached hydrogens (tertiary/aromatic N) is 2. The SMILES string of the molecule is C1CCCC(N2CCC(N3CCOCC3)CC2)CC1. The third-order valence-corrected chi connectivity index (χ3v) is 5.40. The zero-order valence-electron chi connectivity index (χ0n) is 12.4. The molecular weight excluding hydrogens is 236 g/mol. The van der Waals surface area contributed by atoms with Gasteiger partial charge in [-0.25, -0.2) is 0 Å². The van der Waals surface area contributed by atoms with E-state index in [0.717, 1.165) is 38.4 Å². The largest absolute Gasteiger partial charge is 0.379 e. The molecule has 2 saturated heterocycles. The lowest BCUT2D eigenvalue weighted by Crippen LogP contribution is -2.50. The fourth-order valence-electron chi connectivity index (χ4n) is 4.18. The Labute approximate surface area is 118 Å². The highest BCUT2D eigenvalue weighted by molar-refractivity contribution is 4.84. The van der Waals surface area contributed by atoms with Crippen LogP contribution in [0.15, 0.2) is 0 Å². The topological polar surface area (TPSA) is 15.7 Å². The smallest absolute Gasteiger partial charge is 0.0594 e. The molecule has 0 amide bonds. The summed E-state index contributed by atoms with van der Waals surface area (Å²) >= 11 is 0. The van der Waals surface area contributed by atoms with Crippen LogP contribution in [0.3, 0.4) is 0 Å². The monoisotopic (exact) mass is 266 g/mol. The third-order valence-electron chi connectivity index (χ3n) is 5.40. The number of morpholine rings is 1. The van der Waals surface area contributed by atoms with E-state index < -0.39 is 0 Å². The van der Waals surface area contributed by atoms with Crippen LogP contribution in [0.1, 0.15) is 51.4 Å². The number of ether oxygens (including phenoxy) is 1. The Bertz CT molecular complexity index is 249. The van der Waals surface area contributed by atoms with Crippen molar-refractivity contribution in [2.24, 2.45) is 0 Å². The molecule has 0 bridgehead atoms. The summed E-state index contributed by atoms with van der Waals surface area (Å²) in [6.45, 7) is 6.90. The molecule has 2 heterocycles. The van der Waals surface area contributed by atoms with Crippen molar-refractivity contribution in [1.29, 1.82) is 0 Å². The molecule has 0 radical (unpaired) electrons. The maximum atomic E-state index is 5.47. The summed E-state index contributed by atoms with van der Waals surface area (Å²) in [4.78, 5) is 5.48. The first-order valence-electron chi connectivity index (χ1n) is 8.49. The van der Waals surface area contributed by atoms with Gasteiger partial charge in [0, 0.05) is 25.2 Å². The van der Waals surface area contributed by atoms with Gasteiger partial charge in [0.05, 0.1) is 13.2 Å². The van der Waals surface area contributed by atoms with Gasteiger partial charge in [-0.1, -0.05) is 25.7 Å². The van der Waals surface area contributed by atoms with E-state index in [0.29, 0.717) is 0 Å². The molecule has 0 atom stereocenters. The van der Waals surface area contributed by atoms with E-state index in [-0.39, 0.29) is 0 Å². The average molecular weight is 266 g/mol. The molecular formula is C16H30N2O. The first-order chi connectivity index (χ1) is 9.43. The van der Waals surface area contributed by atoms with E-state index in [1.165, 1.54) is 64.5 Å². The van der Waals surface area contributed by atoms with Crippen molar-refractivity contribution in [1.82, 2.24) is 9.80 Å². The first kappa shape index (κ1) is 13.8. The Kier molecular flexibility index (Phi) is 5.14. The molecule has 3 aliphatic rings. The normalized spacial score (nSPS) is 30.3. The number of rotatable bonds is 2. The van der Waals surface area contributed by atoms with E-state index in [1.807, 2.05) is 0 Å². The minimum Gasteiger partial charge on any atom is -0.379 e. The van der Waals surface area contributed by atoms with Gasteiger partial charge in [0.15, 0.2) is 0 Å². The van der Waals surface area contributed by atoms with Gasteiger partial charge in [0.25, 0.3) is 0 Å². The molecule has 3 heteroatoms. The van der Waals surface area contributed by atoms with Crippen molar-refractivity contribution in [3.05, 3.63) is 0 Å². The van der Waals surface area contributed by atoms with Gasteiger partial charge >= 0.3 is 0 Å². The molecule has 1 aliphatic carbocycles. The van der Waals surface area contributed by atoms with Crippen LogP contribution in [-0.2, 0) is 4.74 Å². The van der Waals surface area contributed by atoms with Crippen LogP contribution < -0.4 is 0 Å². The molecule has 0 spiro atoms. The third kappa shape index (κ3) is 3.71. The maximum Gasteiger partial charge on any atom is 0.0594 e. The highest BCUT2D eigenvalue weighted by atomic mass is 16.5. The van der Waals surface area contributed by atoms with Gasteiger partial charge in [-0.2, -0.15) is 0 Å². The van der Waals surface area contributed by atoms with Gasteiger partial charge in [-0.3, -0.25) is 4.90 Å². The molecule has 0 aromatic heterocycles. The standard InChI is InChI=1S/C16H30N2O/c1-2-4-6-15(5-3-1)17-9-7-16(8-10-17)18-11-13-19-14-12-18/h15-16H,1-14H2. The van der Waals surface area contributed by atoms with Crippen LogP contribution in [-0.4, -0.2) is 61.3 Å². The Morgan fingerprint density at radius 3 is 1.74 bits per heavy atom. The van der Waals surface area contributed by atoms with Crippen molar-refractivity contribution in [3.8, 4) is 0 Å². The predicted octanol–water partition coefficient (Wildman–Crippen LogP) is 2.51. The molecule has 0 aromatic carbocycles. The van der Waals surface area contributed by atoms with Gasteiger partial charge in [0.2, 0.25) is 0 Å². The second kappa shape index (κ2) is 7.05. The second-order valence-electron chi connectivity index (χ2n) is 6.56. The molecule has 3 fully saturated rings. The van der Waals surface area contributed by atoms with Crippen LogP contribution >= 0.6 is 0 Å². The van der Waals surface area contributed by atoms with E-state index in [4.69, 9.17) is 4.74 Å². The van der Waals surface area contributed by atoms with Gasteiger partial charge in [-0.05, 0) is 38.8 Å². The molecule has 1 saturated carbocycles. The molecule has 0 aromatic rings. The summed E-state index contributed by atoms with van der Waals surface area (Å²) in [5.74, 6) is 0. The molecule has 2 aliphatic heterocycles. The Morgan fingerprint density at radius 2 is 1.11 bits per heavy atom. The summed E-state index contributed by atoms with van der Waals surface area (Å²) in [5, 5.41) is 0. The highest BCUT2D eigenvalue weighted by Crippen LogP contribution is 2.26. The van der Waals surface area contributed by atoms with E-state index in [2.05, 4.69) is 9.80 Å². The lowest BCUT2D eigenvalue weighted by molar-refractivity contribution is -0.00401. The zero-order valence-corrected chi connectivity index (χ0v) is 12.4. The van der Waals surface area contributed by atoms with Crippen LogP contribution in [0.25, 0.3) is 0 Å². The van der Waals surface area contributed by atoms with Crippen LogP contribution in [0.2, 0.25) is 0 Å². The summed E-state index contributed by atoms with van der Waals surface area (Å²) in [6.07, 6.45) is 11.6. The van der Waals surface area contributed by atoms with Crippen molar-refractivity contribution >= 4 is 0 Å². The van der Waals surface area contributed by atoms with Crippen LogP contribution in [0.4, 0.5) is 0 Å². The van der Waals surface area contributed by atoms with Crippen molar-refractivity contribution in [2.45, 2.75) is 63.5 Å². The lowest BCUT2D eigenvalue weighted by Gasteiger charge is -2.42. The van der Waals surface area contributed by atoms with Crippen molar-refractivity contribution in [3.63, 3.8) is 0 Å². The van der Waals surface area contributed by atoms with Gasteiger partial charge in [-0.15, -0.1) is 0 Å². The summed E-state index contributed by atoms with van der Waals surface area (Å²) < 4.78 is 5.47. The Hall–Kier alpha value is -0.120. The number of piperidine rings is 1. The van der Waals surface area contributed by atoms with Crippen molar-refractivity contribution in [2.75, 3.05) is 39.4 Å². The Morgan fingerprint density at radius 1 is 0.579 bits per heavy atom. The zero-order chi connectivity index (χ0) is 12.9. The fraction of sp³-hybridized carbons (Fsp3) is 1.00. The van der Waals surface area contributed by atoms with Crippen LogP contribution in [0, 0.1) is 0 Å². The molecule has 110 valence electrons. The number of hydrogen-bond acceptors (Lipinski definition) is 3. The second-order valence-corrected chi connectivity index (χ2v) is 6.56. The summed E-state index contributed by atoms with van der Waals surface area (Å²) in [6, 6.07) is 1.75. The summed E-state index contributed by atoms with van der Waals surface area (Å²) in [7, 11) is 0. The van der Waals surface area contributed by atoms with Crippen molar-refractivity contribution < 1.29 is 4.74 Å². The first-order valence-corrected chi connectivity index (χ1v) is 8.49. The predicted molar refractivity (Wildman–Crippen MR) is 78.5 cm³/mol. The van der Waals surface area contributed by atoms with Gasteiger partial charge < -0.3 is 9.64 Å². The van der Waals surface area contributed by atoms with Crippen LogP contribution in [0.5, 0.6) is 0 Å². The van der Waals surface area contributed by atoms with E-state index in [1.54, 1.807) is 0 Å². The lowest BCUT2D eigenvalue weighted by atomic mass is 9.98. The number of likely N-dealkylation sites (tertiary alicyclic amines) is 1. The summed E-state index contributed by atoms with van der Waals surface area (Å²) in [5.41, 5.74) is 0. The highest BCUT2D eigenvalue weighted by Gasteiger charge is 2.29. The maximum absolute atomic E-state index is 5.47. The average Bonchev–Trinajstić information content (AvgIpc) is 2.77. The minimum absolute atomic E-state index is 0.839. The molecule has 3 rings (SSSR count).